The number of nitrogens with zero attached hydrogens (tertiary/aromatic N) is 1. The summed E-state index contributed by atoms with van der Waals surface area (Å²) >= 11 is 0. The number of rotatable bonds is 9. The third-order valence-corrected chi connectivity index (χ3v) is 5.66. The van der Waals surface area contributed by atoms with Crippen LogP contribution < -0.4 is 5.32 Å². The summed E-state index contributed by atoms with van der Waals surface area (Å²) in [6, 6.07) is 22.1. The molecule has 3 aromatic rings. The summed E-state index contributed by atoms with van der Waals surface area (Å²) < 4.78 is 0. The second kappa shape index (κ2) is 10.8. The van der Waals surface area contributed by atoms with E-state index in [9.17, 15) is 9.59 Å². The fourth-order valence-corrected chi connectivity index (χ4v) is 4.11. The predicted octanol–water partition coefficient (Wildman–Crippen LogP) is 5.02. The van der Waals surface area contributed by atoms with E-state index in [0.717, 1.165) is 16.7 Å². The highest BCUT2D eigenvalue weighted by molar-refractivity contribution is 5.89. The average Bonchev–Trinajstić information content (AvgIpc) is 2.77. The molecule has 3 aromatic carbocycles. The number of amides is 2. The Kier molecular flexibility index (Phi) is 7.82. The first-order valence-electron chi connectivity index (χ1n) is 11.1. The van der Waals surface area contributed by atoms with E-state index in [4.69, 9.17) is 0 Å². The monoisotopic (exact) mass is 416 g/mol. The maximum atomic E-state index is 13.4. The molecule has 162 valence electrons. The third-order valence-electron chi connectivity index (χ3n) is 5.66. The summed E-state index contributed by atoms with van der Waals surface area (Å²) in [5.41, 5.74) is 3.35. The molecular weight excluding hydrogens is 384 g/mol. The van der Waals surface area contributed by atoms with Crippen LogP contribution in [0.25, 0.3) is 10.8 Å². The zero-order valence-electron chi connectivity index (χ0n) is 18.7. The molecule has 31 heavy (non-hydrogen) atoms. The van der Waals surface area contributed by atoms with Gasteiger partial charge in [-0.2, -0.15) is 0 Å². The zero-order valence-corrected chi connectivity index (χ0v) is 18.7. The lowest BCUT2D eigenvalue weighted by molar-refractivity contribution is -0.141. The number of hydrogen-bond donors (Lipinski definition) is 1. The lowest BCUT2D eigenvalue weighted by atomic mass is 10.00. The molecular formula is C27H32N2O2. The molecule has 0 saturated carbocycles. The van der Waals surface area contributed by atoms with Crippen LogP contribution in [0.1, 0.15) is 43.4 Å². The quantitative estimate of drug-likeness (QED) is 0.532. The van der Waals surface area contributed by atoms with E-state index in [1.165, 1.54) is 10.8 Å². The molecule has 4 heteroatoms. The van der Waals surface area contributed by atoms with Crippen molar-refractivity contribution in [2.45, 2.75) is 52.6 Å². The van der Waals surface area contributed by atoms with Crippen molar-refractivity contribution in [2.24, 2.45) is 0 Å². The number of carbonyl (C=O) groups excluding carboxylic acids is 2. The molecule has 2 amide bonds. The Morgan fingerprint density at radius 1 is 0.968 bits per heavy atom. The van der Waals surface area contributed by atoms with Gasteiger partial charge >= 0.3 is 0 Å². The number of nitrogens with one attached hydrogen (secondary N) is 1. The summed E-state index contributed by atoms with van der Waals surface area (Å²) in [6.07, 6.45) is 1.60. The minimum atomic E-state index is -0.472. The van der Waals surface area contributed by atoms with Gasteiger partial charge in [-0.25, -0.2) is 0 Å². The molecule has 1 atom stereocenters. The van der Waals surface area contributed by atoms with E-state index in [0.29, 0.717) is 32.4 Å². The van der Waals surface area contributed by atoms with E-state index < -0.39 is 6.04 Å². The van der Waals surface area contributed by atoms with Crippen LogP contribution in [0.5, 0.6) is 0 Å². The molecule has 0 aromatic heterocycles. The smallest absolute Gasteiger partial charge is 0.242 e. The van der Waals surface area contributed by atoms with Crippen molar-refractivity contribution in [2.75, 3.05) is 6.54 Å². The maximum absolute atomic E-state index is 13.4. The number of hydrogen-bond acceptors (Lipinski definition) is 2. The van der Waals surface area contributed by atoms with E-state index in [-0.39, 0.29) is 11.8 Å². The Morgan fingerprint density at radius 3 is 2.45 bits per heavy atom. The molecule has 0 bridgehead atoms. The molecule has 1 N–H and O–H groups in total. The van der Waals surface area contributed by atoms with Gasteiger partial charge < -0.3 is 10.2 Å². The van der Waals surface area contributed by atoms with Crippen LogP contribution in [-0.4, -0.2) is 29.3 Å². The molecule has 0 saturated heterocycles. The van der Waals surface area contributed by atoms with Gasteiger partial charge in [-0.3, -0.25) is 9.59 Å². The van der Waals surface area contributed by atoms with Crippen molar-refractivity contribution in [3.63, 3.8) is 0 Å². The van der Waals surface area contributed by atoms with Gasteiger partial charge in [-0.15, -0.1) is 0 Å². The summed E-state index contributed by atoms with van der Waals surface area (Å²) in [7, 11) is 0. The molecule has 4 nitrogen and oxygen atoms in total. The summed E-state index contributed by atoms with van der Waals surface area (Å²) in [5, 5.41) is 5.25. The van der Waals surface area contributed by atoms with Crippen molar-refractivity contribution >= 4 is 22.6 Å². The number of benzene rings is 3. The highest BCUT2D eigenvalue weighted by Gasteiger charge is 2.28. The Labute approximate surface area is 185 Å². The third kappa shape index (κ3) is 5.72. The van der Waals surface area contributed by atoms with Crippen molar-refractivity contribution in [1.82, 2.24) is 10.2 Å². The van der Waals surface area contributed by atoms with Crippen molar-refractivity contribution in [1.29, 1.82) is 0 Å². The average molecular weight is 417 g/mol. The van der Waals surface area contributed by atoms with Gasteiger partial charge in [0.2, 0.25) is 11.8 Å². The van der Waals surface area contributed by atoms with Gasteiger partial charge in [0.15, 0.2) is 0 Å². The molecule has 0 fully saturated rings. The Balaban J connectivity index is 1.82. The minimum absolute atomic E-state index is 0.00698. The molecule has 0 aliphatic carbocycles. The maximum Gasteiger partial charge on any atom is 0.242 e. The first kappa shape index (κ1) is 22.5. The number of fused-ring (bicyclic) bond motifs is 1. The second-order valence-electron chi connectivity index (χ2n) is 7.97. The largest absolute Gasteiger partial charge is 0.355 e. The molecule has 0 radical (unpaired) electrons. The van der Waals surface area contributed by atoms with Gasteiger partial charge in [-0.05, 0) is 48.6 Å². The number of likely N-dealkylation sites (N-methyl/N-ethyl adjacent to an activating group) is 1. The van der Waals surface area contributed by atoms with Crippen LogP contribution in [-0.2, 0) is 22.6 Å². The van der Waals surface area contributed by atoms with Gasteiger partial charge in [0.1, 0.15) is 6.04 Å². The Bertz CT molecular complexity index is 1040. The minimum Gasteiger partial charge on any atom is -0.355 e. The molecule has 0 unspecified atom stereocenters. The topological polar surface area (TPSA) is 49.4 Å². The second-order valence-corrected chi connectivity index (χ2v) is 7.97. The zero-order chi connectivity index (χ0) is 22.2. The Morgan fingerprint density at radius 2 is 1.71 bits per heavy atom. The van der Waals surface area contributed by atoms with Crippen LogP contribution in [0.2, 0.25) is 0 Å². The van der Waals surface area contributed by atoms with E-state index in [1.807, 2.05) is 57.2 Å². The first-order chi connectivity index (χ1) is 15.0. The standard InChI is InChI=1S/C27H32N2O2/c1-4-25(27(31)28-5-2)29(19-21-11-8-10-20(3)18-21)26(30)17-16-23-14-9-13-22-12-6-7-15-24(22)23/h6-15,18,25H,4-5,16-17,19H2,1-3H3,(H,28,31)/t25-/m0/s1. The molecule has 3 rings (SSSR count). The van der Waals surface area contributed by atoms with Gasteiger partial charge in [0.05, 0.1) is 0 Å². The highest BCUT2D eigenvalue weighted by Crippen LogP contribution is 2.21. The first-order valence-corrected chi connectivity index (χ1v) is 11.1. The van der Waals surface area contributed by atoms with Crippen LogP contribution >= 0.6 is 0 Å². The summed E-state index contributed by atoms with van der Waals surface area (Å²) in [6.45, 7) is 6.89. The van der Waals surface area contributed by atoms with E-state index in [2.05, 4.69) is 35.6 Å². The fraction of sp³-hybridized carbons (Fsp3) is 0.333. The van der Waals surface area contributed by atoms with Gasteiger partial charge in [0, 0.05) is 19.5 Å². The number of carbonyl (C=O) groups is 2. The van der Waals surface area contributed by atoms with Gasteiger partial charge in [0.25, 0.3) is 0 Å². The summed E-state index contributed by atoms with van der Waals surface area (Å²) in [5.74, 6) is -0.0799. The van der Waals surface area contributed by atoms with Crippen molar-refractivity contribution in [3.05, 3.63) is 83.4 Å². The van der Waals surface area contributed by atoms with Crippen molar-refractivity contribution in [3.8, 4) is 0 Å². The fourth-order valence-electron chi connectivity index (χ4n) is 4.11. The normalized spacial score (nSPS) is 11.8. The Hall–Kier alpha value is -3.14. The highest BCUT2D eigenvalue weighted by atomic mass is 16.2. The SMILES string of the molecule is CCNC(=O)[C@H](CC)N(Cc1cccc(C)c1)C(=O)CCc1cccc2ccccc12. The van der Waals surface area contributed by atoms with Crippen LogP contribution in [0.4, 0.5) is 0 Å². The van der Waals surface area contributed by atoms with Crippen molar-refractivity contribution < 1.29 is 9.59 Å². The van der Waals surface area contributed by atoms with Crippen LogP contribution in [0.15, 0.2) is 66.7 Å². The van der Waals surface area contributed by atoms with Gasteiger partial charge in [-0.1, -0.05) is 79.2 Å². The lowest BCUT2D eigenvalue weighted by Crippen LogP contribution is -2.49. The molecule has 0 spiro atoms. The summed E-state index contributed by atoms with van der Waals surface area (Å²) in [4.78, 5) is 27.9. The predicted molar refractivity (Wildman–Crippen MR) is 127 cm³/mol. The number of aryl methyl sites for hydroxylation is 2. The van der Waals surface area contributed by atoms with E-state index in [1.54, 1.807) is 4.90 Å². The lowest BCUT2D eigenvalue weighted by Gasteiger charge is -2.31. The van der Waals surface area contributed by atoms with E-state index >= 15 is 0 Å². The molecule has 0 aliphatic rings. The van der Waals surface area contributed by atoms with Crippen LogP contribution in [0.3, 0.4) is 0 Å². The molecule has 0 heterocycles. The van der Waals surface area contributed by atoms with Crippen LogP contribution in [0, 0.1) is 6.92 Å². The molecule has 0 aliphatic heterocycles.